The summed E-state index contributed by atoms with van der Waals surface area (Å²) in [5, 5.41) is 9.26. The van der Waals surface area contributed by atoms with Crippen LogP contribution in [0.5, 0.6) is 5.75 Å². The summed E-state index contributed by atoms with van der Waals surface area (Å²) in [5.41, 5.74) is 0.926. The van der Waals surface area contributed by atoms with Crippen LogP contribution in [0.3, 0.4) is 0 Å². The summed E-state index contributed by atoms with van der Waals surface area (Å²) >= 11 is 7.05. The summed E-state index contributed by atoms with van der Waals surface area (Å²) in [5.74, 6) is -0.655. The Kier molecular flexibility index (Phi) is 6.36. The van der Waals surface area contributed by atoms with Gasteiger partial charge in [-0.25, -0.2) is 4.79 Å². The van der Waals surface area contributed by atoms with Crippen LogP contribution in [-0.2, 0) is 11.2 Å². The second-order valence-electron chi connectivity index (χ2n) is 4.74. The molecule has 124 valence electrons. The van der Waals surface area contributed by atoms with Crippen molar-refractivity contribution in [1.29, 1.82) is 5.26 Å². The predicted octanol–water partition coefficient (Wildman–Crippen LogP) is 3.91. The molecule has 2 rings (SSSR count). The van der Waals surface area contributed by atoms with E-state index in [2.05, 4.69) is 0 Å². The molecule has 0 unspecified atom stereocenters. The third-order valence-electron chi connectivity index (χ3n) is 3.17. The van der Waals surface area contributed by atoms with Crippen LogP contribution in [0.25, 0.3) is 0 Å². The van der Waals surface area contributed by atoms with E-state index in [1.807, 2.05) is 18.2 Å². The minimum atomic E-state index is -0.580. The first kappa shape index (κ1) is 18.0. The highest BCUT2D eigenvalue weighted by Crippen LogP contribution is 2.31. The number of methoxy groups -OCH3 is 1. The molecule has 0 bridgehead atoms. The number of carbonyl (C=O) groups excluding carboxylic acids is 2. The number of esters is 1. The summed E-state index contributed by atoms with van der Waals surface area (Å²) in [6.45, 7) is 0.288. The third kappa shape index (κ3) is 4.34. The van der Waals surface area contributed by atoms with Crippen molar-refractivity contribution in [3.63, 3.8) is 0 Å². The minimum Gasteiger partial charge on any atom is -0.491 e. The largest absolute Gasteiger partial charge is 0.491 e. The van der Waals surface area contributed by atoms with Gasteiger partial charge in [0, 0.05) is 17.5 Å². The Morgan fingerprint density at radius 2 is 2.08 bits per heavy atom. The van der Waals surface area contributed by atoms with Crippen molar-refractivity contribution < 1.29 is 19.1 Å². The van der Waals surface area contributed by atoms with Crippen LogP contribution in [0.4, 0.5) is 0 Å². The zero-order valence-electron chi connectivity index (χ0n) is 12.9. The number of hydrogen-bond donors (Lipinski definition) is 0. The molecule has 0 N–H and O–H groups in total. The Labute approximate surface area is 148 Å². The van der Waals surface area contributed by atoms with Gasteiger partial charge in [0.1, 0.15) is 5.75 Å². The summed E-state index contributed by atoms with van der Waals surface area (Å²) in [6.07, 6.45) is 0.303. The molecule has 1 heterocycles. The van der Waals surface area contributed by atoms with E-state index in [1.54, 1.807) is 12.1 Å². The van der Waals surface area contributed by atoms with Gasteiger partial charge in [0.2, 0.25) is 0 Å². The van der Waals surface area contributed by atoms with Gasteiger partial charge in [0.05, 0.1) is 31.1 Å². The first-order chi connectivity index (χ1) is 11.6. The van der Waals surface area contributed by atoms with Gasteiger partial charge in [-0.15, -0.1) is 11.3 Å². The van der Waals surface area contributed by atoms with Crippen LogP contribution in [0.15, 0.2) is 30.3 Å². The molecule has 0 aliphatic carbocycles. The van der Waals surface area contributed by atoms with Gasteiger partial charge in [0.25, 0.3) is 0 Å². The van der Waals surface area contributed by atoms with Crippen molar-refractivity contribution >= 4 is 34.7 Å². The van der Waals surface area contributed by atoms with Gasteiger partial charge < -0.3 is 9.47 Å². The molecule has 0 fully saturated rings. The second-order valence-corrected chi connectivity index (χ2v) is 6.20. The van der Waals surface area contributed by atoms with Gasteiger partial charge in [0.15, 0.2) is 10.7 Å². The summed E-state index contributed by atoms with van der Waals surface area (Å²) in [4.78, 5) is 24.2. The Hall–Kier alpha value is -2.36. The zero-order valence-corrected chi connectivity index (χ0v) is 14.4. The molecule has 0 amide bonds. The normalized spacial score (nSPS) is 10.0. The van der Waals surface area contributed by atoms with Crippen molar-refractivity contribution in [3.05, 3.63) is 50.7 Å². The number of nitriles is 1. The van der Waals surface area contributed by atoms with Crippen LogP contribution in [0, 0.1) is 11.3 Å². The van der Waals surface area contributed by atoms with E-state index < -0.39 is 5.97 Å². The summed E-state index contributed by atoms with van der Waals surface area (Å²) < 4.78 is 10.4. The van der Waals surface area contributed by atoms with E-state index in [0.29, 0.717) is 16.3 Å². The van der Waals surface area contributed by atoms with Gasteiger partial charge >= 0.3 is 5.97 Å². The highest BCUT2D eigenvalue weighted by molar-refractivity contribution is 7.16. The molecule has 5 nitrogen and oxygen atoms in total. The smallest absolute Gasteiger partial charge is 0.351 e. The molecule has 1 aromatic carbocycles. The zero-order chi connectivity index (χ0) is 17.5. The molecule has 1 aromatic heterocycles. The Bertz CT molecular complexity index is 794. The topological polar surface area (TPSA) is 76.4 Å². The fraction of sp³-hybridized carbons (Fsp3) is 0.235. The predicted molar refractivity (Wildman–Crippen MR) is 90.9 cm³/mol. The van der Waals surface area contributed by atoms with Crippen molar-refractivity contribution in [2.75, 3.05) is 13.7 Å². The number of hydrogen-bond acceptors (Lipinski definition) is 6. The quantitative estimate of drug-likeness (QED) is 0.550. The Morgan fingerprint density at radius 1 is 1.33 bits per heavy atom. The molecule has 0 aliphatic rings. The van der Waals surface area contributed by atoms with Gasteiger partial charge in [-0.2, -0.15) is 5.26 Å². The Balaban J connectivity index is 2.13. The van der Waals surface area contributed by atoms with Crippen molar-refractivity contribution in [1.82, 2.24) is 0 Å². The number of carbonyl (C=O) groups is 2. The maximum Gasteiger partial charge on any atom is 0.351 e. The number of rotatable bonds is 7. The lowest BCUT2D eigenvalue weighted by Crippen LogP contribution is -2.05. The SMILES string of the molecule is COC(=O)c1sc(C(=O)CC#N)cc1OCCc1ccccc1Cl. The maximum absolute atomic E-state index is 11.8. The summed E-state index contributed by atoms with van der Waals surface area (Å²) in [6, 6.07) is 10.7. The lowest BCUT2D eigenvalue weighted by molar-refractivity contribution is 0.0602. The van der Waals surface area contributed by atoms with Crippen molar-refractivity contribution in [2.45, 2.75) is 12.8 Å². The first-order valence-corrected chi connectivity index (χ1v) is 8.24. The van der Waals surface area contributed by atoms with E-state index in [1.165, 1.54) is 13.2 Å². The van der Waals surface area contributed by atoms with Gasteiger partial charge in [-0.3, -0.25) is 4.79 Å². The molecule has 0 aliphatic heterocycles. The van der Waals surface area contributed by atoms with Crippen LogP contribution >= 0.6 is 22.9 Å². The molecule has 24 heavy (non-hydrogen) atoms. The van der Waals surface area contributed by atoms with Gasteiger partial charge in [-0.1, -0.05) is 29.8 Å². The first-order valence-electron chi connectivity index (χ1n) is 7.05. The number of nitrogens with zero attached hydrogens (tertiary/aromatic N) is 1. The molecule has 7 heteroatoms. The number of ketones is 1. The number of halogens is 1. The third-order valence-corrected chi connectivity index (χ3v) is 4.68. The van der Waals surface area contributed by atoms with Crippen LogP contribution in [0.1, 0.15) is 31.3 Å². The highest BCUT2D eigenvalue weighted by Gasteiger charge is 2.21. The lowest BCUT2D eigenvalue weighted by atomic mass is 10.2. The van der Waals surface area contributed by atoms with Crippen LogP contribution < -0.4 is 4.74 Å². The highest BCUT2D eigenvalue weighted by atomic mass is 35.5. The fourth-order valence-corrected chi connectivity index (χ4v) is 3.17. The Morgan fingerprint density at radius 3 is 2.75 bits per heavy atom. The molecule has 2 aromatic rings. The molecular formula is C17H14ClNO4S. The lowest BCUT2D eigenvalue weighted by Gasteiger charge is -2.07. The van der Waals surface area contributed by atoms with Crippen LogP contribution in [0.2, 0.25) is 5.02 Å². The molecule has 0 radical (unpaired) electrons. The van der Waals surface area contributed by atoms with E-state index in [4.69, 9.17) is 26.3 Å². The van der Waals surface area contributed by atoms with E-state index in [0.717, 1.165) is 16.9 Å². The molecule has 0 spiro atoms. The fourth-order valence-electron chi connectivity index (χ4n) is 1.98. The maximum atomic E-state index is 11.8. The molecule has 0 saturated heterocycles. The monoisotopic (exact) mass is 363 g/mol. The average molecular weight is 364 g/mol. The van der Waals surface area contributed by atoms with E-state index >= 15 is 0 Å². The number of thiophene rings is 1. The van der Waals surface area contributed by atoms with Crippen molar-refractivity contribution in [3.8, 4) is 11.8 Å². The van der Waals surface area contributed by atoms with Crippen LogP contribution in [-0.4, -0.2) is 25.5 Å². The van der Waals surface area contributed by atoms with Crippen molar-refractivity contribution in [2.24, 2.45) is 0 Å². The average Bonchev–Trinajstić information content (AvgIpc) is 3.00. The number of benzene rings is 1. The van der Waals surface area contributed by atoms with Gasteiger partial charge in [-0.05, 0) is 11.6 Å². The second kappa shape index (κ2) is 8.48. The minimum absolute atomic E-state index is 0.206. The number of Topliss-reactive ketones (excluding diaryl/α,β-unsaturated/α-hetero) is 1. The standard InChI is InChI=1S/C17H14ClNO4S/c1-22-17(21)16-14(10-15(24-16)13(20)6-8-19)23-9-7-11-4-2-3-5-12(11)18/h2-5,10H,6-7,9H2,1H3. The molecular weight excluding hydrogens is 350 g/mol. The summed E-state index contributed by atoms with van der Waals surface area (Å²) in [7, 11) is 1.26. The van der Waals surface area contributed by atoms with E-state index in [-0.39, 0.29) is 29.4 Å². The molecule has 0 atom stereocenters. The molecule has 0 saturated carbocycles. The number of ether oxygens (including phenoxy) is 2. The van der Waals surface area contributed by atoms with E-state index in [9.17, 15) is 9.59 Å².